The number of sulfonamides is 1. The van der Waals surface area contributed by atoms with E-state index in [-0.39, 0.29) is 11.3 Å². The summed E-state index contributed by atoms with van der Waals surface area (Å²) in [5.41, 5.74) is 1.69. The highest BCUT2D eigenvalue weighted by Gasteiger charge is 2.23. The summed E-state index contributed by atoms with van der Waals surface area (Å²) in [6.07, 6.45) is 1.99. The Balaban J connectivity index is 1.63. The highest BCUT2D eigenvalue weighted by atomic mass is 32.2. The molecule has 0 atom stereocenters. The Labute approximate surface area is 238 Å². The number of rotatable bonds is 10. The standard InChI is InChI=1S/C31H30N2O7S/c1-36-26-10-11-31(22-9-7-6-8-21(22)26)41(34,35)33-24-18-30(40-5)28(38-3)16-20(24)14-25-23-17-29(39-4)27(37-2)15-19(23)12-13-32-25/h6-13,15-18,33H,14H2,1-5H3. The van der Waals surface area contributed by atoms with E-state index in [4.69, 9.17) is 23.7 Å². The molecule has 0 radical (unpaired) electrons. The number of nitrogens with one attached hydrogen (secondary N) is 1. The SMILES string of the molecule is COc1cc(Cc2nccc3cc(OC)c(OC)cc23)c(NS(=O)(=O)c2ccc(OC)c3ccccc23)cc1OC. The maximum Gasteiger partial charge on any atom is 0.262 e. The lowest BCUT2D eigenvalue weighted by Gasteiger charge is -2.18. The minimum atomic E-state index is -4.05. The maximum absolute atomic E-state index is 13.9. The molecule has 5 rings (SSSR count). The first kappa shape index (κ1) is 27.9. The van der Waals surface area contributed by atoms with Crippen LogP contribution in [0.5, 0.6) is 28.7 Å². The van der Waals surface area contributed by atoms with Crippen LogP contribution in [0.3, 0.4) is 0 Å². The van der Waals surface area contributed by atoms with Crippen molar-refractivity contribution < 1.29 is 32.1 Å². The number of anilines is 1. The van der Waals surface area contributed by atoms with Crippen molar-refractivity contribution in [2.24, 2.45) is 0 Å². The molecule has 10 heteroatoms. The van der Waals surface area contributed by atoms with Gasteiger partial charge in [0.15, 0.2) is 23.0 Å². The van der Waals surface area contributed by atoms with Gasteiger partial charge < -0.3 is 23.7 Å². The quantitative estimate of drug-likeness (QED) is 0.222. The molecule has 0 aliphatic rings. The molecule has 212 valence electrons. The van der Waals surface area contributed by atoms with Gasteiger partial charge in [-0.05, 0) is 47.3 Å². The van der Waals surface area contributed by atoms with Crippen LogP contribution >= 0.6 is 0 Å². The molecule has 5 aromatic rings. The molecule has 0 bridgehead atoms. The monoisotopic (exact) mass is 574 g/mol. The molecule has 1 heterocycles. The van der Waals surface area contributed by atoms with Crippen molar-refractivity contribution in [3.05, 3.63) is 84.2 Å². The summed E-state index contributed by atoms with van der Waals surface area (Å²) < 4.78 is 58.0. The molecular weight excluding hydrogens is 544 g/mol. The van der Waals surface area contributed by atoms with Crippen molar-refractivity contribution in [1.29, 1.82) is 0 Å². The minimum Gasteiger partial charge on any atom is -0.496 e. The highest BCUT2D eigenvalue weighted by Crippen LogP contribution is 2.39. The topological polar surface area (TPSA) is 105 Å². The molecule has 4 aromatic carbocycles. The Bertz CT molecular complexity index is 1860. The molecular formula is C31H30N2O7S. The molecule has 0 aliphatic carbocycles. The fourth-order valence-electron chi connectivity index (χ4n) is 4.90. The molecule has 0 aliphatic heterocycles. The van der Waals surface area contributed by atoms with Gasteiger partial charge in [0, 0.05) is 34.8 Å². The minimum absolute atomic E-state index is 0.120. The second kappa shape index (κ2) is 11.4. The van der Waals surface area contributed by atoms with Crippen LogP contribution in [0.15, 0.2) is 77.8 Å². The molecule has 1 aromatic heterocycles. The van der Waals surface area contributed by atoms with E-state index in [9.17, 15) is 8.42 Å². The van der Waals surface area contributed by atoms with Gasteiger partial charge in [-0.25, -0.2) is 8.42 Å². The first-order valence-electron chi connectivity index (χ1n) is 12.7. The lowest BCUT2D eigenvalue weighted by Crippen LogP contribution is -2.15. The first-order valence-corrected chi connectivity index (χ1v) is 14.1. The molecule has 0 saturated heterocycles. The van der Waals surface area contributed by atoms with E-state index in [0.29, 0.717) is 56.5 Å². The number of pyridine rings is 1. The average molecular weight is 575 g/mol. The average Bonchev–Trinajstić information content (AvgIpc) is 3.00. The van der Waals surface area contributed by atoms with Crippen molar-refractivity contribution in [1.82, 2.24) is 4.98 Å². The number of hydrogen-bond donors (Lipinski definition) is 1. The Kier molecular flexibility index (Phi) is 7.76. The molecule has 0 amide bonds. The van der Waals surface area contributed by atoms with Crippen LogP contribution < -0.4 is 28.4 Å². The number of ether oxygens (including phenoxy) is 5. The summed E-state index contributed by atoms with van der Waals surface area (Å²) >= 11 is 0. The smallest absolute Gasteiger partial charge is 0.262 e. The fraction of sp³-hybridized carbons (Fsp3) is 0.194. The zero-order valence-corrected chi connectivity index (χ0v) is 24.2. The third kappa shape index (κ3) is 5.26. The van der Waals surface area contributed by atoms with Gasteiger partial charge in [0.05, 0.1) is 51.8 Å². The molecule has 0 spiro atoms. The van der Waals surface area contributed by atoms with Gasteiger partial charge in [-0.1, -0.05) is 24.3 Å². The number of hydrogen-bond acceptors (Lipinski definition) is 8. The third-order valence-electron chi connectivity index (χ3n) is 6.92. The number of benzene rings is 4. The van der Waals surface area contributed by atoms with E-state index < -0.39 is 10.0 Å². The normalized spacial score (nSPS) is 11.3. The maximum atomic E-state index is 13.9. The zero-order chi connectivity index (χ0) is 29.1. The van der Waals surface area contributed by atoms with Gasteiger partial charge in [0.25, 0.3) is 10.0 Å². The Morgan fingerprint density at radius 2 is 1.27 bits per heavy atom. The van der Waals surface area contributed by atoms with E-state index in [1.807, 2.05) is 30.3 Å². The van der Waals surface area contributed by atoms with Crippen LogP contribution in [0.25, 0.3) is 21.5 Å². The van der Waals surface area contributed by atoms with Gasteiger partial charge in [-0.2, -0.15) is 0 Å². The van der Waals surface area contributed by atoms with Gasteiger partial charge >= 0.3 is 0 Å². The fourth-order valence-corrected chi connectivity index (χ4v) is 6.20. The van der Waals surface area contributed by atoms with Crippen LogP contribution in [0.2, 0.25) is 0 Å². The van der Waals surface area contributed by atoms with Crippen LogP contribution in [0.1, 0.15) is 11.3 Å². The van der Waals surface area contributed by atoms with E-state index >= 15 is 0 Å². The number of methoxy groups -OCH3 is 5. The number of nitrogens with zero attached hydrogens (tertiary/aromatic N) is 1. The molecule has 9 nitrogen and oxygen atoms in total. The molecule has 0 fully saturated rings. The van der Waals surface area contributed by atoms with Gasteiger partial charge in [0.1, 0.15) is 5.75 Å². The third-order valence-corrected chi connectivity index (χ3v) is 8.34. The van der Waals surface area contributed by atoms with Crippen molar-refractivity contribution in [3.8, 4) is 28.7 Å². The van der Waals surface area contributed by atoms with E-state index in [1.54, 1.807) is 57.9 Å². The van der Waals surface area contributed by atoms with E-state index in [0.717, 1.165) is 10.8 Å². The summed E-state index contributed by atoms with van der Waals surface area (Å²) in [5, 5.41) is 2.97. The first-order chi connectivity index (χ1) is 19.8. The van der Waals surface area contributed by atoms with Crippen molar-refractivity contribution in [3.63, 3.8) is 0 Å². The lowest BCUT2D eigenvalue weighted by molar-refractivity contribution is 0.355. The van der Waals surface area contributed by atoms with Crippen LogP contribution in [0, 0.1) is 0 Å². The summed E-state index contributed by atoms with van der Waals surface area (Å²) in [4.78, 5) is 4.75. The molecule has 0 unspecified atom stereocenters. The van der Waals surface area contributed by atoms with Crippen LogP contribution in [0.4, 0.5) is 5.69 Å². The van der Waals surface area contributed by atoms with Crippen LogP contribution in [-0.4, -0.2) is 49.0 Å². The van der Waals surface area contributed by atoms with Crippen molar-refractivity contribution >= 4 is 37.3 Å². The zero-order valence-electron chi connectivity index (χ0n) is 23.3. The Morgan fingerprint density at radius 1 is 0.659 bits per heavy atom. The lowest BCUT2D eigenvalue weighted by atomic mass is 10.0. The largest absolute Gasteiger partial charge is 0.496 e. The highest BCUT2D eigenvalue weighted by molar-refractivity contribution is 7.93. The molecule has 1 N–H and O–H groups in total. The predicted octanol–water partition coefficient (Wildman–Crippen LogP) is 5.82. The molecule has 41 heavy (non-hydrogen) atoms. The summed E-state index contributed by atoms with van der Waals surface area (Å²) in [5.74, 6) is 2.59. The van der Waals surface area contributed by atoms with E-state index in [2.05, 4.69) is 9.71 Å². The number of fused-ring (bicyclic) bond motifs is 2. The van der Waals surface area contributed by atoms with Crippen LogP contribution in [-0.2, 0) is 16.4 Å². The summed E-state index contributed by atoms with van der Waals surface area (Å²) in [6, 6.07) is 19.4. The molecule has 0 saturated carbocycles. The van der Waals surface area contributed by atoms with Crippen molar-refractivity contribution in [2.45, 2.75) is 11.3 Å². The Morgan fingerprint density at radius 3 is 1.95 bits per heavy atom. The second-order valence-corrected chi connectivity index (χ2v) is 10.8. The summed E-state index contributed by atoms with van der Waals surface area (Å²) in [7, 11) is 3.69. The van der Waals surface area contributed by atoms with Gasteiger partial charge in [0.2, 0.25) is 0 Å². The van der Waals surface area contributed by atoms with E-state index in [1.165, 1.54) is 20.3 Å². The Hall–Kier alpha value is -4.70. The van der Waals surface area contributed by atoms with Gasteiger partial charge in [-0.3, -0.25) is 9.71 Å². The number of aromatic nitrogens is 1. The summed E-state index contributed by atoms with van der Waals surface area (Å²) in [6.45, 7) is 0. The predicted molar refractivity (Wildman–Crippen MR) is 159 cm³/mol. The van der Waals surface area contributed by atoms with Crippen molar-refractivity contribution in [2.75, 3.05) is 40.3 Å². The second-order valence-electron chi connectivity index (χ2n) is 9.14. The van der Waals surface area contributed by atoms with Gasteiger partial charge in [-0.15, -0.1) is 0 Å².